The number of primary amides is 2. The van der Waals surface area contributed by atoms with Gasteiger partial charge in [-0.3, -0.25) is 19.7 Å². The molecule has 2 rings (SSSR count). The van der Waals surface area contributed by atoms with Crippen molar-refractivity contribution in [3.8, 4) is 0 Å². The molecule has 0 radical (unpaired) electrons. The number of halogens is 3. The van der Waals surface area contributed by atoms with E-state index < -0.39 is 34.5 Å². The molecule has 9 nitrogen and oxygen atoms in total. The molecule has 1 saturated carbocycles. The Morgan fingerprint density at radius 2 is 1.83 bits per heavy atom. The number of nitrogens with one attached hydrogen (secondary N) is 1. The van der Waals surface area contributed by atoms with Crippen LogP contribution in [-0.4, -0.2) is 43.1 Å². The van der Waals surface area contributed by atoms with Gasteiger partial charge in [-0.15, -0.1) is 0 Å². The summed E-state index contributed by atoms with van der Waals surface area (Å²) in [6.45, 7) is -0.0146. The van der Waals surface area contributed by atoms with Crippen LogP contribution in [0, 0.1) is 22.0 Å². The van der Waals surface area contributed by atoms with Crippen molar-refractivity contribution < 1.29 is 27.7 Å². The molecule has 0 aromatic heterocycles. The topological polar surface area (TPSA) is 145 Å². The van der Waals surface area contributed by atoms with Gasteiger partial charge in [-0.05, 0) is 37.7 Å². The second kappa shape index (κ2) is 9.18. The van der Waals surface area contributed by atoms with Gasteiger partial charge in [0, 0.05) is 19.7 Å². The normalized spacial score (nSPS) is 19.2. The molecule has 1 aliphatic rings. The summed E-state index contributed by atoms with van der Waals surface area (Å²) in [6.07, 6.45) is -3.48. The van der Waals surface area contributed by atoms with Crippen molar-refractivity contribution in [2.24, 2.45) is 23.3 Å². The van der Waals surface area contributed by atoms with Crippen LogP contribution in [0.1, 0.15) is 36.0 Å². The monoisotopic (exact) mass is 431 g/mol. The predicted molar refractivity (Wildman–Crippen MR) is 104 cm³/mol. The Bertz CT molecular complexity index is 823. The molecular weight excluding hydrogens is 407 g/mol. The molecule has 30 heavy (non-hydrogen) atoms. The maximum Gasteiger partial charge on any atom is 0.391 e. The maximum absolute atomic E-state index is 12.8. The molecule has 1 aliphatic carbocycles. The Balaban J connectivity index is 2.23. The van der Waals surface area contributed by atoms with Gasteiger partial charge < -0.3 is 21.7 Å². The number of carbonyl (C=O) groups excluding carboxylic acids is 2. The number of hydrogen-bond donors (Lipinski definition) is 3. The largest absolute Gasteiger partial charge is 0.391 e. The Morgan fingerprint density at radius 1 is 1.23 bits per heavy atom. The van der Waals surface area contributed by atoms with E-state index in [0.29, 0.717) is 12.8 Å². The minimum atomic E-state index is -4.21. The maximum atomic E-state index is 12.8. The minimum absolute atomic E-state index is 0.0190. The van der Waals surface area contributed by atoms with Gasteiger partial charge in [0.05, 0.1) is 28.6 Å². The molecule has 0 unspecified atom stereocenters. The molecule has 166 valence electrons. The molecule has 0 atom stereocenters. The number of rotatable bonds is 8. The first-order chi connectivity index (χ1) is 13.9. The lowest BCUT2D eigenvalue weighted by molar-refractivity contribution is -0.384. The quantitative estimate of drug-likeness (QED) is 0.426. The molecule has 1 fully saturated rings. The van der Waals surface area contributed by atoms with Gasteiger partial charge in [-0.1, -0.05) is 0 Å². The third-order valence-electron chi connectivity index (χ3n) is 5.27. The molecule has 12 heteroatoms. The second-order valence-electron chi connectivity index (χ2n) is 7.47. The summed E-state index contributed by atoms with van der Waals surface area (Å²) in [5, 5.41) is 14.4. The van der Waals surface area contributed by atoms with Crippen molar-refractivity contribution in [2.75, 3.05) is 30.4 Å². The molecule has 0 saturated heterocycles. The number of likely N-dealkylation sites (N-methyl/N-ethyl adjacent to an activating group) is 1. The lowest BCUT2D eigenvalue weighted by atomic mass is 9.81. The highest BCUT2D eigenvalue weighted by atomic mass is 19.4. The van der Waals surface area contributed by atoms with Crippen LogP contribution in [0.4, 0.5) is 30.2 Å². The Morgan fingerprint density at radius 3 is 2.30 bits per heavy atom. The van der Waals surface area contributed by atoms with Gasteiger partial charge in [0.15, 0.2) is 0 Å². The lowest BCUT2D eigenvalue weighted by Crippen LogP contribution is -2.32. The van der Waals surface area contributed by atoms with Gasteiger partial charge in [-0.25, -0.2) is 0 Å². The summed E-state index contributed by atoms with van der Waals surface area (Å²) in [4.78, 5) is 35.1. The van der Waals surface area contributed by atoms with Crippen LogP contribution in [0.25, 0.3) is 0 Å². The van der Waals surface area contributed by atoms with Crippen LogP contribution in [0.3, 0.4) is 0 Å². The fourth-order valence-electron chi connectivity index (χ4n) is 3.65. The summed E-state index contributed by atoms with van der Waals surface area (Å²) < 4.78 is 38.4. The zero-order valence-electron chi connectivity index (χ0n) is 16.4. The fourth-order valence-corrected chi connectivity index (χ4v) is 3.65. The van der Waals surface area contributed by atoms with Crippen LogP contribution < -0.4 is 21.7 Å². The first-order valence-corrected chi connectivity index (χ1v) is 9.32. The number of carbonyl (C=O) groups is 2. The Kier molecular flexibility index (Phi) is 7.11. The van der Waals surface area contributed by atoms with Crippen LogP contribution in [0.2, 0.25) is 0 Å². The number of nitro groups is 1. The summed E-state index contributed by atoms with van der Waals surface area (Å²) in [5.41, 5.74) is 10.2. The van der Waals surface area contributed by atoms with Crippen molar-refractivity contribution in [1.82, 2.24) is 0 Å². The van der Waals surface area contributed by atoms with Crippen molar-refractivity contribution in [2.45, 2.75) is 31.9 Å². The first-order valence-electron chi connectivity index (χ1n) is 9.32. The van der Waals surface area contributed by atoms with Crippen LogP contribution >= 0.6 is 0 Å². The number of nitrogens with two attached hydrogens (primary N) is 2. The molecule has 2 amide bonds. The molecule has 0 aliphatic heterocycles. The average Bonchev–Trinajstić information content (AvgIpc) is 2.64. The van der Waals surface area contributed by atoms with Gasteiger partial charge in [0.2, 0.25) is 5.91 Å². The third-order valence-corrected chi connectivity index (χ3v) is 5.27. The lowest BCUT2D eigenvalue weighted by Gasteiger charge is -2.30. The molecule has 5 N–H and O–H groups in total. The van der Waals surface area contributed by atoms with E-state index in [0.717, 1.165) is 6.07 Å². The molecular formula is C18H24F3N5O4. The van der Waals surface area contributed by atoms with Crippen molar-refractivity contribution in [3.05, 3.63) is 27.8 Å². The molecule has 1 aromatic rings. The standard InChI is InChI=1S/C18H24F3N5O4/c1-25(9-16(22)27)14-7-13(15(26(29)30)6-12(14)17(23)28)24-8-10-2-4-11(5-3-10)18(19,20)21/h6-7,10-11,24H,2-5,8-9H2,1H3,(H2,22,27)(H2,23,28). The smallest absolute Gasteiger partial charge is 0.379 e. The number of nitro benzene ring substituents is 1. The Labute approximate surface area is 170 Å². The van der Waals surface area contributed by atoms with E-state index in [-0.39, 0.29) is 48.8 Å². The van der Waals surface area contributed by atoms with Gasteiger partial charge in [-0.2, -0.15) is 13.2 Å². The number of hydrogen-bond acceptors (Lipinski definition) is 6. The Hall–Kier alpha value is -3.05. The second-order valence-corrected chi connectivity index (χ2v) is 7.47. The van der Waals surface area contributed by atoms with Gasteiger partial charge in [0.1, 0.15) is 5.69 Å². The minimum Gasteiger partial charge on any atom is -0.379 e. The van der Waals surface area contributed by atoms with Crippen LogP contribution in [0.15, 0.2) is 12.1 Å². The first kappa shape index (κ1) is 23.2. The van der Waals surface area contributed by atoms with Gasteiger partial charge >= 0.3 is 6.18 Å². The van der Waals surface area contributed by atoms with E-state index in [4.69, 9.17) is 11.5 Å². The van der Waals surface area contributed by atoms with Crippen molar-refractivity contribution in [3.63, 3.8) is 0 Å². The van der Waals surface area contributed by atoms with Crippen molar-refractivity contribution in [1.29, 1.82) is 0 Å². The van der Waals surface area contributed by atoms with E-state index in [2.05, 4.69) is 5.32 Å². The van der Waals surface area contributed by atoms with E-state index in [9.17, 15) is 32.9 Å². The van der Waals surface area contributed by atoms with E-state index >= 15 is 0 Å². The number of alkyl halides is 3. The highest BCUT2D eigenvalue weighted by Crippen LogP contribution is 2.40. The van der Waals surface area contributed by atoms with Crippen LogP contribution in [-0.2, 0) is 4.79 Å². The number of nitrogens with zero attached hydrogens (tertiary/aromatic N) is 2. The molecule has 1 aromatic carbocycles. The average molecular weight is 431 g/mol. The van der Waals surface area contributed by atoms with Crippen molar-refractivity contribution >= 4 is 28.9 Å². The fraction of sp³-hybridized carbons (Fsp3) is 0.556. The molecule has 0 spiro atoms. The third kappa shape index (κ3) is 5.74. The molecule has 0 bridgehead atoms. The highest BCUT2D eigenvalue weighted by Gasteiger charge is 2.41. The van der Waals surface area contributed by atoms with E-state index in [1.54, 1.807) is 0 Å². The SMILES string of the molecule is CN(CC(N)=O)c1cc(NCC2CCC(C(F)(F)F)CC2)c([N+](=O)[O-])cc1C(N)=O. The summed E-state index contributed by atoms with van der Waals surface area (Å²) >= 11 is 0. The van der Waals surface area contributed by atoms with E-state index in [1.807, 2.05) is 0 Å². The number of anilines is 2. The summed E-state index contributed by atoms with van der Waals surface area (Å²) in [5.74, 6) is -2.98. The summed E-state index contributed by atoms with van der Waals surface area (Å²) in [7, 11) is 1.47. The van der Waals surface area contributed by atoms with Crippen LogP contribution in [0.5, 0.6) is 0 Å². The highest BCUT2D eigenvalue weighted by molar-refractivity contribution is 6.01. The number of benzene rings is 1. The summed E-state index contributed by atoms with van der Waals surface area (Å²) in [6, 6.07) is 2.33. The molecule has 0 heterocycles. The van der Waals surface area contributed by atoms with E-state index in [1.165, 1.54) is 18.0 Å². The zero-order valence-corrected chi connectivity index (χ0v) is 16.4. The van der Waals surface area contributed by atoms with Gasteiger partial charge in [0.25, 0.3) is 11.6 Å². The predicted octanol–water partition coefficient (Wildman–Crippen LogP) is 2.40. The zero-order chi connectivity index (χ0) is 22.6. The number of amides is 2.